The Morgan fingerprint density at radius 2 is 1.05 bits per heavy atom. The third-order valence-corrected chi connectivity index (χ3v) is 7.19. The van der Waals surface area contributed by atoms with Crippen molar-refractivity contribution in [1.82, 2.24) is 0 Å². The van der Waals surface area contributed by atoms with Crippen LogP contribution in [0.2, 0.25) is 0 Å². The molecule has 15 atom stereocenters. The van der Waals surface area contributed by atoms with Crippen molar-refractivity contribution in [3.8, 4) is 0 Å². The summed E-state index contributed by atoms with van der Waals surface area (Å²) >= 11 is 0. The summed E-state index contributed by atoms with van der Waals surface area (Å²) in [4.78, 5) is 0. The van der Waals surface area contributed by atoms with Gasteiger partial charge in [0.05, 0.1) is 19.8 Å². The van der Waals surface area contributed by atoms with Crippen molar-refractivity contribution in [3.05, 3.63) is 0 Å². The van der Waals surface area contributed by atoms with Gasteiger partial charge in [0.15, 0.2) is 18.9 Å². The average Bonchev–Trinajstić information content (AvgIpc) is 2.95. The monoisotopic (exact) mass is 589 g/mol. The highest BCUT2D eigenvalue weighted by Gasteiger charge is 2.52. The fraction of sp³-hybridized carbons (Fsp3) is 1.00. The van der Waals surface area contributed by atoms with Crippen molar-refractivity contribution in [3.63, 3.8) is 0 Å². The molecule has 3 aliphatic heterocycles. The Morgan fingerprint density at radius 1 is 0.525 bits per heavy atom. The normalized spacial score (nSPS) is 46.4. The van der Waals surface area contributed by atoms with Gasteiger partial charge in [-0.1, -0.05) is 0 Å². The molecule has 0 amide bonds. The molecule has 3 aliphatic rings. The van der Waals surface area contributed by atoms with Crippen molar-refractivity contribution in [2.24, 2.45) is 5.73 Å². The maximum Gasteiger partial charge on any atom is 0.187 e. The summed E-state index contributed by atoms with van der Waals surface area (Å²) in [5.41, 5.74) is 5.49. The van der Waals surface area contributed by atoms with Crippen LogP contribution in [0.5, 0.6) is 0 Å². The predicted molar refractivity (Wildman–Crippen MR) is 128 cm³/mol. The molecule has 0 bridgehead atoms. The minimum Gasteiger partial charge on any atom is -0.394 e. The van der Waals surface area contributed by atoms with Crippen LogP contribution in [0.3, 0.4) is 0 Å². The molecule has 17 heteroatoms. The van der Waals surface area contributed by atoms with Gasteiger partial charge in [0.2, 0.25) is 0 Å². The van der Waals surface area contributed by atoms with Gasteiger partial charge < -0.3 is 85.2 Å². The molecule has 0 aromatic heterocycles. The summed E-state index contributed by atoms with van der Waals surface area (Å²) < 4.78 is 33.1. The number of aliphatic hydroxyl groups excluding tert-OH is 10. The minimum absolute atomic E-state index is 0.130. The SMILES string of the molecule is NCCCCCO[C@H]1O[C@H](CO[C@H]2O[C@H](CO)[C@@H](O)[C@H](O)[C@@H]2O)[C@@H](O)[C@H](O[C@H]2O[C@H](CO)[C@@H](O)[C@H](O)[C@@H]2O)[C@@H]1O. The molecule has 0 aliphatic carbocycles. The summed E-state index contributed by atoms with van der Waals surface area (Å²) in [5.74, 6) is 0. The van der Waals surface area contributed by atoms with Crippen LogP contribution in [-0.4, -0.2) is 176 Å². The Labute approximate surface area is 230 Å². The van der Waals surface area contributed by atoms with E-state index < -0.39 is 112 Å². The van der Waals surface area contributed by atoms with Crippen LogP contribution in [0.4, 0.5) is 0 Å². The van der Waals surface area contributed by atoms with Crippen LogP contribution in [0, 0.1) is 0 Å². The summed E-state index contributed by atoms with van der Waals surface area (Å²) in [7, 11) is 0. The fourth-order valence-electron chi connectivity index (χ4n) is 4.69. The van der Waals surface area contributed by atoms with Gasteiger partial charge in [-0.2, -0.15) is 0 Å². The van der Waals surface area contributed by atoms with Crippen molar-refractivity contribution >= 4 is 0 Å². The van der Waals surface area contributed by atoms with Crippen LogP contribution in [0.15, 0.2) is 0 Å². The smallest absolute Gasteiger partial charge is 0.187 e. The molecule has 3 saturated heterocycles. The van der Waals surface area contributed by atoms with Gasteiger partial charge in [0.25, 0.3) is 0 Å². The predicted octanol–water partition coefficient (Wildman–Crippen LogP) is -6.42. The summed E-state index contributed by atoms with van der Waals surface area (Å²) in [6.07, 6.45) is -21.7. The zero-order valence-corrected chi connectivity index (χ0v) is 21.8. The van der Waals surface area contributed by atoms with E-state index in [2.05, 4.69) is 0 Å². The molecule has 12 N–H and O–H groups in total. The Hall–Kier alpha value is -0.680. The molecular formula is C23H43NO16. The van der Waals surface area contributed by atoms with Crippen molar-refractivity contribution in [2.75, 3.05) is 33.0 Å². The number of hydrogen-bond acceptors (Lipinski definition) is 17. The number of rotatable bonds is 13. The van der Waals surface area contributed by atoms with E-state index in [9.17, 15) is 51.1 Å². The first kappa shape index (κ1) is 33.8. The second kappa shape index (κ2) is 15.7. The molecule has 0 aromatic carbocycles. The Bertz CT molecular complexity index is 735. The van der Waals surface area contributed by atoms with Crippen LogP contribution >= 0.6 is 0 Å². The lowest BCUT2D eigenvalue weighted by molar-refractivity contribution is -0.366. The minimum atomic E-state index is -1.82. The average molecular weight is 590 g/mol. The van der Waals surface area contributed by atoms with Gasteiger partial charge in [-0.25, -0.2) is 0 Å². The molecule has 0 unspecified atom stereocenters. The third-order valence-electron chi connectivity index (χ3n) is 7.19. The van der Waals surface area contributed by atoms with Crippen LogP contribution in [-0.2, 0) is 28.4 Å². The maximum absolute atomic E-state index is 11.0. The van der Waals surface area contributed by atoms with E-state index in [-0.39, 0.29) is 6.61 Å². The lowest BCUT2D eigenvalue weighted by Gasteiger charge is -2.46. The van der Waals surface area contributed by atoms with E-state index in [0.717, 1.165) is 12.8 Å². The molecule has 17 nitrogen and oxygen atoms in total. The van der Waals surface area contributed by atoms with E-state index in [4.69, 9.17) is 34.2 Å². The van der Waals surface area contributed by atoms with Crippen molar-refractivity contribution in [2.45, 2.75) is 111 Å². The van der Waals surface area contributed by atoms with Crippen molar-refractivity contribution < 1.29 is 79.5 Å². The molecule has 3 fully saturated rings. The molecule has 0 spiro atoms. The van der Waals surface area contributed by atoms with Gasteiger partial charge in [-0.3, -0.25) is 0 Å². The Morgan fingerprint density at radius 3 is 1.62 bits per heavy atom. The lowest BCUT2D eigenvalue weighted by atomic mass is 9.96. The van der Waals surface area contributed by atoms with Gasteiger partial charge >= 0.3 is 0 Å². The molecule has 236 valence electrons. The highest BCUT2D eigenvalue weighted by molar-refractivity contribution is 4.95. The number of unbranched alkanes of at least 4 members (excludes halogenated alkanes) is 2. The first-order valence-corrected chi connectivity index (χ1v) is 13.3. The second-order valence-electron chi connectivity index (χ2n) is 10.1. The lowest BCUT2D eigenvalue weighted by Crippen LogP contribution is -2.65. The van der Waals surface area contributed by atoms with Gasteiger partial charge in [-0.05, 0) is 25.8 Å². The molecule has 3 rings (SSSR count). The molecule has 0 aromatic rings. The topological polar surface area (TPSA) is 284 Å². The molecule has 40 heavy (non-hydrogen) atoms. The summed E-state index contributed by atoms with van der Waals surface area (Å²) in [6.45, 7) is -1.33. The van der Waals surface area contributed by atoms with Crippen LogP contribution in [0.1, 0.15) is 19.3 Å². The van der Waals surface area contributed by atoms with E-state index in [1.165, 1.54) is 0 Å². The van der Waals surface area contributed by atoms with Crippen LogP contribution < -0.4 is 5.73 Å². The van der Waals surface area contributed by atoms with E-state index in [1.807, 2.05) is 0 Å². The molecule has 0 saturated carbocycles. The zero-order valence-electron chi connectivity index (χ0n) is 21.8. The standard InChI is InChI=1S/C23H43NO16/c24-4-2-1-3-5-35-22-19(34)20(40-23-18(33)16(31)13(28)10(7-26)38-23)14(29)11(39-22)8-36-21-17(32)15(30)12(27)9(6-25)37-21/h9-23,25-34H,1-8,24H2/t9-,10-,11-,12-,13-,14-,15+,16+,17+,18+,19+,20+,21+,22+,23-/m1/s1. The molecular weight excluding hydrogens is 546 g/mol. The quantitative estimate of drug-likeness (QED) is 0.0890. The summed E-state index contributed by atoms with van der Waals surface area (Å²) in [5, 5.41) is 101. The first-order chi connectivity index (χ1) is 19.0. The zero-order chi connectivity index (χ0) is 29.6. The third kappa shape index (κ3) is 7.82. The number of aliphatic hydroxyl groups is 10. The second-order valence-corrected chi connectivity index (χ2v) is 10.1. The highest BCUT2D eigenvalue weighted by atomic mass is 16.7. The van der Waals surface area contributed by atoms with Gasteiger partial charge in [-0.15, -0.1) is 0 Å². The van der Waals surface area contributed by atoms with E-state index in [0.29, 0.717) is 13.0 Å². The van der Waals surface area contributed by atoms with Gasteiger partial charge in [0, 0.05) is 6.61 Å². The number of hydrogen-bond donors (Lipinski definition) is 11. The van der Waals surface area contributed by atoms with Crippen LogP contribution in [0.25, 0.3) is 0 Å². The first-order valence-electron chi connectivity index (χ1n) is 13.3. The number of ether oxygens (including phenoxy) is 6. The number of nitrogens with two attached hydrogens (primary N) is 1. The molecule has 3 heterocycles. The highest BCUT2D eigenvalue weighted by Crippen LogP contribution is 2.31. The van der Waals surface area contributed by atoms with E-state index in [1.54, 1.807) is 0 Å². The van der Waals surface area contributed by atoms with E-state index >= 15 is 0 Å². The molecule has 0 radical (unpaired) electrons. The van der Waals surface area contributed by atoms with Gasteiger partial charge in [0.1, 0.15) is 73.2 Å². The summed E-state index contributed by atoms with van der Waals surface area (Å²) in [6, 6.07) is 0. The maximum atomic E-state index is 11.0. The van der Waals surface area contributed by atoms with Crippen molar-refractivity contribution in [1.29, 1.82) is 0 Å². The Balaban J connectivity index is 1.72. The largest absolute Gasteiger partial charge is 0.394 e. The fourth-order valence-corrected chi connectivity index (χ4v) is 4.69. The Kier molecular flexibility index (Phi) is 13.3.